The standard InChI is InChI=1S/C29H33ClFN3O4S2/c1-21(2)18-33(40(37,38)26-11-7-23(30)8-12-26)20-28(35)34(19-22-5-9-24(31)10-6-22)25-13-15-32(16-14-25)29(36)27-4-3-17-39-27/h3-12,17,21,25H,13-16,18-20H2,1-2H3. The van der Waals surface area contributed by atoms with Gasteiger partial charge in [0, 0.05) is 37.2 Å². The maximum absolute atomic E-state index is 13.9. The van der Waals surface area contributed by atoms with Gasteiger partial charge in [-0.1, -0.05) is 43.6 Å². The number of sulfonamides is 1. The molecule has 1 aromatic heterocycles. The lowest BCUT2D eigenvalue weighted by Gasteiger charge is -2.39. The molecule has 0 unspecified atom stereocenters. The molecule has 2 aromatic carbocycles. The number of nitrogens with zero attached hydrogens (tertiary/aromatic N) is 3. The molecule has 1 aliphatic rings. The van der Waals surface area contributed by atoms with E-state index in [-0.39, 0.29) is 54.1 Å². The Hall–Kier alpha value is -2.79. The van der Waals surface area contributed by atoms with Gasteiger partial charge in [-0.3, -0.25) is 9.59 Å². The Morgan fingerprint density at radius 2 is 1.70 bits per heavy atom. The Labute approximate surface area is 244 Å². The van der Waals surface area contributed by atoms with Gasteiger partial charge in [0.05, 0.1) is 16.3 Å². The second-order valence-corrected chi connectivity index (χ2v) is 13.6. The molecule has 7 nitrogen and oxygen atoms in total. The number of benzene rings is 2. The number of halogens is 2. The van der Waals surface area contributed by atoms with E-state index in [0.717, 1.165) is 5.56 Å². The van der Waals surface area contributed by atoms with Gasteiger partial charge in [-0.05, 0) is 72.2 Å². The van der Waals surface area contributed by atoms with Crippen molar-refractivity contribution in [3.8, 4) is 0 Å². The fourth-order valence-electron chi connectivity index (χ4n) is 4.80. The molecule has 0 atom stereocenters. The van der Waals surface area contributed by atoms with Gasteiger partial charge >= 0.3 is 0 Å². The summed E-state index contributed by atoms with van der Waals surface area (Å²) in [7, 11) is -3.97. The maximum Gasteiger partial charge on any atom is 0.263 e. The monoisotopic (exact) mass is 605 g/mol. The highest BCUT2D eigenvalue weighted by atomic mass is 35.5. The summed E-state index contributed by atoms with van der Waals surface area (Å²) in [5.41, 5.74) is 0.739. The lowest BCUT2D eigenvalue weighted by molar-refractivity contribution is -0.135. The summed E-state index contributed by atoms with van der Waals surface area (Å²) in [4.78, 5) is 30.9. The van der Waals surface area contributed by atoms with Gasteiger partial charge in [0.2, 0.25) is 15.9 Å². The fourth-order valence-corrected chi connectivity index (χ4v) is 7.17. The number of rotatable bonds is 10. The number of carbonyl (C=O) groups is 2. The van der Waals surface area contributed by atoms with E-state index >= 15 is 0 Å². The zero-order valence-corrected chi connectivity index (χ0v) is 24.9. The molecule has 1 saturated heterocycles. The first kappa shape index (κ1) is 30.2. The first-order chi connectivity index (χ1) is 19.0. The van der Waals surface area contributed by atoms with Gasteiger partial charge in [-0.15, -0.1) is 11.3 Å². The predicted octanol–water partition coefficient (Wildman–Crippen LogP) is 5.52. The minimum atomic E-state index is -3.97. The van der Waals surface area contributed by atoms with Crippen molar-refractivity contribution < 1.29 is 22.4 Å². The van der Waals surface area contributed by atoms with Crippen LogP contribution in [0.25, 0.3) is 0 Å². The molecule has 1 aliphatic heterocycles. The third-order valence-electron chi connectivity index (χ3n) is 6.84. The number of amides is 2. The molecule has 0 N–H and O–H groups in total. The predicted molar refractivity (Wildman–Crippen MR) is 155 cm³/mol. The molecule has 0 aliphatic carbocycles. The van der Waals surface area contributed by atoms with Crippen LogP contribution in [0.5, 0.6) is 0 Å². The van der Waals surface area contributed by atoms with Crippen LogP contribution in [0.3, 0.4) is 0 Å². The highest BCUT2D eigenvalue weighted by Crippen LogP contribution is 2.24. The van der Waals surface area contributed by atoms with Crippen molar-refractivity contribution in [1.29, 1.82) is 0 Å². The van der Waals surface area contributed by atoms with E-state index < -0.39 is 10.0 Å². The van der Waals surface area contributed by atoms with E-state index in [1.54, 1.807) is 28.0 Å². The summed E-state index contributed by atoms with van der Waals surface area (Å²) in [5, 5.41) is 2.28. The van der Waals surface area contributed by atoms with E-state index in [1.165, 1.54) is 52.0 Å². The van der Waals surface area contributed by atoms with Crippen LogP contribution in [0.15, 0.2) is 70.9 Å². The Bertz CT molecular complexity index is 1390. The van der Waals surface area contributed by atoms with Crippen LogP contribution in [0.4, 0.5) is 4.39 Å². The molecular weight excluding hydrogens is 573 g/mol. The summed E-state index contributed by atoms with van der Waals surface area (Å²) in [6, 6.07) is 15.3. The average Bonchev–Trinajstić information content (AvgIpc) is 3.47. The Balaban J connectivity index is 1.56. The molecular formula is C29H33ClFN3O4S2. The Morgan fingerprint density at radius 1 is 1.05 bits per heavy atom. The lowest BCUT2D eigenvalue weighted by atomic mass is 10.0. The fraction of sp³-hybridized carbons (Fsp3) is 0.379. The van der Waals surface area contributed by atoms with E-state index in [9.17, 15) is 22.4 Å². The highest BCUT2D eigenvalue weighted by Gasteiger charge is 2.34. The smallest absolute Gasteiger partial charge is 0.263 e. The number of carbonyl (C=O) groups excluding carboxylic acids is 2. The maximum atomic E-state index is 13.9. The minimum Gasteiger partial charge on any atom is -0.338 e. The van der Waals surface area contributed by atoms with Gasteiger partial charge in [-0.2, -0.15) is 4.31 Å². The summed E-state index contributed by atoms with van der Waals surface area (Å²) in [6.45, 7) is 4.78. The van der Waals surface area contributed by atoms with E-state index in [4.69, 9.17) is 11.6 Å². The molecule has 4 rings (SSSR count). The summed E-state index contributed by atoms with van der Waals surface area (Å²) < 4.78 is 41.9. The highest BCUT2D eigenvalue weighted by molar-refractivity contribution is 7.89. The second kappa shape index (κ2) is 13.2. The molecule has 0 bridgehead atoms. The van der Waals surface area contributed by atoms with Crippen molar-refractivity contribution in [1.82, 2.24) is 14.1 Å². The first-order valence-electron chi connectivity index (χ1n) is 13.2. The van der Waals surface area contributed by atoms with E-state index in [0.29, 0.717) is 35.8 Å². The molecule has 214 valence electrons. The lowest BCUT2D eigenvalue weighted by Crippen LogP contribution is -2.51. The Morgan fingerprint density at radius 3 is 2.27 bits per heavy atom. The third-order valence-corrected chi connectivity index (χ3v) is 9.78. The number of hydrogen-bond donors (Lipinski definition) is 0. The van der Waals surface area contributed by atoms with E-state index in [1.807, 2.05) is 25.3 Å². The van der Waals surface area contributed by atoms with Crippen molar-refractivity contribution in [3.63, 3.8) is 0 Å². The zero-order chi connectivity index (χ0) is 28.9. The summed E-state index contributed by atoms with van der Waals surface area (Å²) in [5.74, 6) is -0.765. The largest absolute Gasteiger partial charge is 0.338 e. The second-order valence-electron chi connectivity index (χ2n) is 10.3. The third kappa shape index (κ3) is 7.48. The number of likely N-dealkylation sites (tertiary alicyclic amines) is 1. The molecule has 3 aromatic rings. The number of thiophene rings is 1. The van der Waals surface area contributed by atoms with Crippen molar-refractivity contribution in [2.45, 2.75) is 44.2 Å². The van der Waals surface area contributed by atoms with Crippen molar-refractivity contribution in [2.75, 3.05) is 26.2 Å². The minimum absolute atomic E-state index is 0.0214. The van der Waals surface area contributed by atoms with Crippen molar-refractivity contribution >= 4 is 44.8 Å². The molecule has 0 spiro atoms. The van der Waals surface area contributed by atoms with Gasteiger partial charge in [0.1, 0.15) is 5.82 Å². The number of piperidine rings is 1. The van der Waals surface area contributed by atoms with Crippen LogP contribution in [-0.4, -0.2) is 66.6 Å². The Kier molecular flexibility index (Phi) is 9.99. The van der Waals surface area contributed by atoms with Crippen LogP contribution in [0.1, 0.15) is 41.9 Å². The topological polar surface area (TPSA) is 78.0 Å². The molecule has 0 radical (unpaired) electrons. The van der Waals surface area contributed by atoms with Gasteiger partial charge in [0.15, 0.2) is 0 Å². The summed E-state index contributed by atoms with van der Waals surface area (Å²) >= 11 is 7.36. The van der Waals surface area contributed by atoms with Crippen LogP contribution >= 0.6 is 22.9 Å². The SMILES string of the molecule is CC(C)CN(CC(=O)N(Cc1ccc(F)cc1)C1CCN(C(=O)c2cccs2)CC1)S(=O)(=O)c1ccc(Cl)cc1. The summed E-state index contributed by atoms with van der Waals surface area (Å²) in [6.07, 6.45) is 1.11. The molecule has 40 heavy (non-hydrogen) atoms. The normalized spacial score (nSPS) is 14.6. The van der Waals surface area contributed by atoms with Crippen molar-refractivity contribution in [2.24, 2.45) is 5.92 Å². The molecule has 2 amide bonds. The zero-order valence-electron chi connectivity index (χ0n) is 22.5. The molecule has 11 heteroatoms. The average molecular weight is 606 g/mol. The molecule has 0 saturated carbocycles. The van der Waals surface area contributed by atoms with Crippen molar-refractivity contribution in [3.05, 3.63) is 87.3 Å². The van der Waals surface area contributed by atoms with Gasteiger partial charge in [0.25, 0.3) is 5.91 Å². The quantitative estimate of drug-likeness (QED) is 0.305. The van der Waals surface area contributed by atoms with Gasteiger partial charge in [-0.25, -0.2) is 12.8 Å². The van der Waals surface area contributed by atoms with E-state index in [2.05, 4.69) is 0 Å². The van der Waals surface area contributed by atoms with Gasteiger partial charge < -0.3 is 9.80 Å². The molecule has 1 fully saturated rings. The van der Waals surface area contributed by atoms with Crippen LogP contribution in [0.2, 0.25) is 5.02 Å². The van der Waals surface area contributed by atoms with Crippen LogP contribution in [0, 0.1) is 11.7 Å². The van der Waals surface area contributed by atoms with Crippen LogP contribution < -0.4 is 0 Å². The first-order valence-corrected chi connectivity index (χ1v) is 15.9. The number of hydrogen-bond acceptors (Lipinski definition) is 5. The van der Waals surface area contributed by atoms with Crippen LogP contribution in [-0.2, 0) is 21.4 Å². The molecule has 2 heterocycles.